The molecule has 2 aromatic heterocycles. The Bertz CT molecular complexity index is 1030. The second-order valence-electron chi connectivity index (χ2n) is 8.14. The van der Waals surface area contributed by atoms with Gasteiger partial charge in [0, 0.05) is 55.4 Å². The van der Waals surface area contributed by atoms with Crippen LogP contribution in [0.3, 0.4) is 0 Å². The number of rotatable bonds is 10. The van der Waals surface area contributed by atoms with Crippen LogP contribution in [0.1, 0.15) is 24.0 Å². The molecule has 0 aliphatic carbocycles. The molecular weight excluding hydrogens is 414 g/mol. The number of unbranched alkanes of at least 4 members (excludes halogenated alkanes) is 1. The first-order valence-corrected chi connectivity index (χ1v) is 11.6. The Morgan fingerprint density at radius 3 is 2.73 bits per heavy atom. The van der Waals surface area contributed by atoms with Crippen LogP contribution in [0, 0.1) is 0 Å². The van der Waals surface area contributed by atoms with Crippen LogP contribution in [0.2, 0.25) is 0 Å². The van der Waals surface area contributed by atoms with Crippen LogP contribution in [0.25, 0.3) is 17.3 Å². The summed E-state index contributed by atoms with van der Waals surface area (Å²) in [6.07, 6.45) is 11.0. The Labute approximate surface area is 195 Å². The number of hydrogen-bond acceptors (Lipinski definition) is 5. The molecule has 0 unspecified atom stereocenters. The van der Waals surface area contributed by atoms with Crippen molar-refractivity contribution < 1.29 is 9.53 Å². The van der Waals surface area contributed by atoms with Crippen molar-refractivity contribution in [2.24, 2.45) is 0 Å². The fraction of sp³-hybridized carbons (Fsp3) is 0.346. The number of hydrogen-bond donors (Lipinski definition) is 1. The summed E-state index contributed by atoms with van der Waals surface area (Å²) in [6.45, 7) is 6.06. The summed E-state index contributed by atoms with van der Waals surface area (Å²) < 4.78 is 7.28. The zero-order valence-corrected chi connectivity index (χ0v) is 18.9. The molecule has 172 valence electrons. The maximum absolute atomic E-state index is 12.4. The van der Waals surface area contributed by atoms with Gasteiger partial charge in [-0.15, -0.1) is 0 Å². The van der Waals surface area contributed by atoms with Crippen LogP contribution in [-0.4, -0.2) is 65.0 Å². The molecule has 0 spiro atoms. The summed E-state index contributed by atoms with van der Waals surface area (Å²) >= 11 is 0. The zero-order chi connectivity index (χ0) is 22.7. The number of nitrogens with one attached hydrogen (secondary N) is 1. The molecule has 1 aliphatic heterocycles. The molecule has 0 saturated carbocycles. The number of carbonyl (C=O) groups is 1. The molecule has 33 heavy (non-hydrogen) atoms. The lowest BCUT2D eigenvalue weighted by Gasteiger charge is -2.26. The van der Waals surface area contributed by atoms with E-state index in [1.807, 2.05) is 47.3 Å². The molecule has 1 aliphatic rings. The molecule has 7 heteroatoms. The summed E-state index contributed by atoms with van der Waals surface area (Å²) in [5.74, 6) is -0.0886. The molecule has 0 atom stereocenters. The molecule has 0 radical (unpaired) electrons. The van der Waals surface area contributed by atoms with Gasteiger partial charge in [-0.25, -0.2) is 0 Å². The number of pyridine rings is 1. The number of carbonyl (C=O) groups excluding carboxylic acids is 1. The van der Waals surface area contributed by atoms with Gasteiger partial charge >= 0.3 is 0 Å². The van der Waals surface area contributed by atoms with Gasteiger partial charge in [0.1, 0.15) is 5.69 Å². The topological polar surface area (TPSA) is 72.3 Å². The molecule has 1 saturated heterocycles. The highest BCUT2D eigenvalue weighted by Crippen LogP contribution is 2.23. The van der Waals surface area contributed by atoms with Crippen LogP contribution in [-0.2, 0) is 16.1 Å². The van der Waals surface area contributed by atoms with E-state index in [0.29, 0.717) is 13.1 Å². The normalized spacial score (nSPS) is 14.5. The average Bonchev–Trinajstić information content (AvgIpc) is 3.27. The highest BCUT2D eigenvalue weighted by atomic mass is 16.5. The third kappa shape index (κ3) is 7.10. The van der Waals surface area contributed by atoms with Crippen molar-refractivity contribution in [1.29, 1.82) is 0 Å². The fourth-order valence-electron chi connectivity index (χ4n) is 3.86. The Morgan fingerprint density at radius 1 is 1.09 bits per heavy atom. The molecule has 3 heterocycles. The van der Waals surface area contributed by atoms with Gasteiger partial charge in [0.2, 0.25) is 5.91 Å². The second kappa shape index (κ2) is 12.1. The van der Waals surface area contributed by atoms with Crippen molar-refractivity contribution in [3.63, 3.8) is 0 Å². The molecule has 1 aromatic carbocycles. The quantitative estimate of drug-likeness (QED) is 0.383. The van der Waals surface area contributed by atoms with Crippen LogP contribution < -0.4 is 5.32 Å². The van der Waals surface area contributed by atoms with E-state index < -0.39 is 0 Å². The van der Waals surface area contributed by atoms with Crippen molar-refractivity contribution in [2.75, 3.05) is 39.4 Å². The van der Waals surface area contributed by atoms with Crippen LogP contribution >= 0.6 is 0 Å². The van der Waals surface area contributed by atoms with Crippen molar-refractivity contribution in [1.82, 2.24) is 25.0 Å². The summed E-state index contributed by atoms with van der Waals surface area (Å²) in [7, 11) is 0. The lowest BCUT2D eigenvalue weighted by molar-refractivity contribution is -0.116. The Hall–Kier alpha value is -3.29. The predicted molar refractivity (Wildman–Crippen MR) is 130 cm³/mol. The Morgan fingerprint density at radius 2 is 1.94 bits per heavy atom. The lowest BCUT2D eigenvalue weighted by Crippen LogP contribution is -2.37. The van der Waals surface area contributed by atoms with Crippen molar-refractivity contribution in [3.05, 3.63) is 78.3 Å². The van der Waals surface area contributed by atoms with Crippen molar-refractivity contribution in [3.8, 4) is 11.3 Å². The van der Waals surface area contributed by atoms with Gasteiger partial charge < -0.3 is 10.1 Å². The molecule has 4 rings (SSSR count). The van der Waals surface area contributed by atoms with Gasteiger partial charge in [-0.05, 0) is 43.2 Å². The minimum absolute atomic E-state index is 0.0886. The minimum Gasteiger partial charge on any atom is -0.379 e. The standard InChI is InChI=1S/C26H31N5O2/c32-25(28-13-4-5-14-30-15-17-33-18-16-30)11-10-24-21-31(20-22-7-2-1-3-8-22)29-26(24)23-9-6-12-27-19-23/h1-3,6-12,19,21H,4-5,13-18,20H2,(H,28,32)/b11-10+. The number of benzene rings is 1. The van der Waals surface area contributed by atoms with Gasteiger partial charge in [0.05, 0.1) is 19.8 Å². The van der Waals surface area contributed by atoms with E-state index >= 15 is 0 Å². The number of aromatic nitrogens is 3. The first-order chi connectivity index (χ1) is 16.3. The molecule has 0 bridgehead atoms. The lowest BCUT2D eigenvalue weighted by atomic mass is 10.1. The first-order valence-electron chi connectivity index (χ1n) is 11.6. The van der Waals surface area contributed by atoms with E-state index in [1.165, 1.54) is 5.56 Å². The largest absolute Gasteiger partial charge is 0.379 e. The fourth-order valence-corrected chi connectivity index (χ4v) is 3.86. The third-order valence-electron chi connectivity index (χ3n) is 5.63. The number of morpholine rings is 1. The van der Waals surface area contributed by atoms with E-state index in [1.54, 1.807) is 18.5 Å². The van der Waals surface area contributed by atoms with Gasteiger partial charge in [-0.2, -0.15) is 5.10 Å². The van der Waals surface area contributed by atoms with Crippen LogP contribution in [0.4, 0.5) is 0 Å². The van der Waals surface area contributed by atoms with E-state index in [-0.39, 0.29) is 5.91 Å². The zero-order valence-electron chi connectivity index (χ0n) is 18.9. The highest BCUT2D eigenvalue weighted by molar-refractivity contribution is 5.92. The van der Waals surface area contributed by atoms with Crippen molar-refractivity contribution >= 4 is 12.0 Å². The molecular formula is C26H31N5O2. The molecule has 1 fully saturated rings. The SMILES string of the molecule is O=C(/C=C/c1cn(Cc2ccccc2)nc1-c1cccnc1)NCCCCN1CCOCC1. The maximum Gasteiger partial charge on any atom is 0.244 e. The molecule has 1 amide bonds. The first kappa shape index (κ1) is 22.9. The minimum atomic E-state index is -0.0886. The Balaban J connectivity index is 1.33. The monoisotopic (exact) mass is 445 g/mol. The summed E-state index contributed by atoms with van der Waals surface area (Å²) in [5, 5.41) is 7.75. The highest BCUT2D eigenvalue weighted by Gasteiger charge is 2.11. The average molecular weight is 446 g/mol. The smallest absolute Gasteiger partial charge is 0.244 e. The maximum atomic E-state index is 12.4. The summed E-state index contributed by atoms with van der Waals surface area (Å²) in [5.41, 5.74) is 3.80. The van der Waals surface area contributed by atoms with Gasteiger partial charge in [0.15, 0.2) is 0 Å². The molecule has 7 nitrogen and oxygen atoms in total. The van der Waals surface area contributed by atoms with Gasteiger partial charge in [-0.1, -0.05) is 30.3 Å². The Kier molecular flexibility index (Phi) is 8.38. The number of ether oxygens (including phenoxy) is 1. The third-order valence-corrected chi connectivity index (χ3v) is 5.63. The van der Waals surface area contributed by atoms with Crippen molar-refractivity contribution in [2.45, 2.75) is 19.4 Å². The predicted octanol–water partition coefficient (Wildman–Crippen LogP) is 3.24. The summed E-state index contributed by atoms with van der Waals surface area (Å²) in [4.78, 5) is 19.0. The molecule has 3 aromatic rings. The van der Waals surface area contributed by atoms with E-state index in [0.717, 1.165) is 62.5 Å². The van der Waals surface area contributed by atoms with Crippen LogP contribution in [0.15, 0.2) is 67.1 Å². The second-order valence-corrected chi connectivity index (χ2v) is 8.14. The van der Waals surface area contributed by atoms with Crippen LogP contribution in [0.5, 0.6) is 0 Å². The number of nitrogens with zero attached hydrogens (tertiary/aromatic N) is 4. The van der Waals surface area contributed by atoms with E-state index in [4.69, 9.17) is 9.84 Å². The van der Waals surface area contributed by atoms with E-state index in [9.17, 15) is 4.79 Å². The van der Waals surface area contributed by atoms with Gasteiger partial charge in [-0.3, -0.25) is 19.4 Å². The van der Waals surface area contributed by atoms with E-state index in [2.05, 4.69) is 27.3 Å². The van der Waals surface area contributed by atoms with Gasteiger partial charge in [0.25, 0.3) is 0 Å². The summed E-state index contributed by atoms with van der Waals surface area (Å²) in [6, 6.07) is 14.1. The number of amides is 1. The molecule has 1 N–H and O–H groups in total.